The Labute approximate surface area is 234 Å². The Morgan fingerprint density at radius 2 is 0.489 bits per heavy atom. The third kappa shape index (κ3) is 6.85. The molecule has 0 spiro atoms. The van der Waals surface area contributed by atoms with Crippen molar-refractivity contribution in [3.8, 4) is 0 Å². The van der Waals surface area contributed by atoms with Gasteiger partial charge in [0.25, 0.3) is 5.67 Å². The first kappa shape index (κ1) is 44.9. The lowest BCUT2D eigenvalue weighted by molar-refractivity contribution is -0.586. The van der Waals surface area contributed by atoms with E-state index in [2.05, 4.69) is 0 Å². The monoisotopic (exact) mass is 782 g/mol. The van der Waals surface area contributed by atoms with Crippen molar-refractivity contribution in [3.63, 3.8) is 0 Å². The minimum atomic E-state index is -9.18. The lowest BCUT2D eigenvalue weighted by atomic mass is 9.92. The molecular formula is C15H3F29O3. The van der Waals surface area contributed by atoms with Crippen LogP contribution in [0.2, 0.25) is 0 Å². The summed E-state index contributed by atoms with van der Waals surface area (Å²) in [6.45, 7) is -1.93. The summed E-state index contributed by atoms with van der Waals surface area (Å²) in [5.74, 6) is -43.9. The molecular weight excluding hydrogens is 779 g/mol. The highest BCUT2D eigenvalue weighted by molar-refractivity contribution is 5.09. The average Bonchev–Trinajstić information content (AvgIpc) is 2.73. The fourth-order valence-corrected chi connectivity index (χ4v) is 2.23. The summed E-state index contributed by atoms with van der Waals surface area (Å²) in [7, 11) is 0. The van der Waals surface area contributed by atoms with Gasteiger partial charge in [-0.25, -0.2) is 4.39 Å². The third-order valence-electron chi connectivity index (χ3n) is 4.90. The topological polar surface area (TPSA) is 27.7 Å². The van der Waals surface area contributed by atoms with Crippen LogP contribution in [0.3, 0.4) is 0 Å². The Bertz CT molecular complexity index is 1110. The van der Waals surface area contributed by atoms with Gasteiger partial charge in [-0.3, -0.25) is 14.2 Å². The molecule has 0 radical (unpaired) electrons. The molecule has 4 unspecified atom stereocenters. The Morgan fingerprint density at radius 3 is 0.702 bits per heavy atom. The quantitative estimate of drug-likeness (QED) is 0.196. The molecule has 0 saturated heterocycles. The maximum absolute atomic E-state index is 14.3. The maximum atomic E-state index is 14.3. The van der Waals surface area contributed by atoms with Crippen LogP contribution >= 0.6 is 0 Å². The van der Waals surface area contributed by atoms with E-state index in [0.717, 1.165) is 14.2 Å². The van der Waals surface area contributed by atoms with Gasteiger partial charge in [0.05, 0.1) is 0 Å². The van der Waals surface area contributed by atoms with E-state index >= 15 is 0 Å². The Morgan fingerprint density at radius 1 is 0.255 bits per heavy atom. The lowest BCUT2D eigenvalue weighted by Crippen LogP contribution is -2.74. The minimum absolute atomic E-state index is 0.840. The van der Waals surface area contributed by atoms with Crippen LogP contribution in [-0.2, 0) is 14.2 Å². The fourth-order valence-electron chi connectivity index (χ4n) is 2.23. The van der Waals surface area contributed by atoms with Crippen LogP contribution in [0.15, 0.2) is 0 Å². The van der Waals surface area contributed by atoms with Crippen LogP contribution in [0.25, 0.3) is 0 Å². The van der Waals surface area contributed by atoms with E-state index in [1.165, 1.54) is 0 Å². The number of ether oxygens (including phenoxy) is 3. The fraction of sp³-hybridized carbons (Fsp3) is 1.00. The molecule has 47 heavy (non-hydrogen) atoms. The van der Waals surface area contributed by atoms with Gasteiger partial charge in [-0.05, 0) is 6.92 Å². The molecule has 0 aromatic heterocycles. The van der Waals surface area contributed by atoms with Crippen LogP contribution in [0.1, 0.15) is 6.92 Å². The molecule has 0 aliphatic heterocycles. The van der Waals surface area contributed by atoms with Gasteiger partial charge < -0.3 is 0 Å². The van der Waals surface area contributed by atoms with Gasteiger partial charge in [0.2, 0.25) is 0 Å². The van der Waals surface area contributed by atoms with Crippen LogP contribution in [0.4, 0.5) is 127 Å². The highest BCUT2D eigenvalue weighted by Crippen LogP contribution is 2.62. The number of hydrogen-bond acceptors (Lipinski definition) is 3. The molecule has 0 N–H and O–H groups in total. The second kappa shape index (κ2) is 11.2. The van der Waals surface area contributed by atoms with Gasteiger partial charge >= 0.3 is 78.6 Å². The highest BCUT2D eigenvalue weighted by atomic mass is 19.4. The van der Waals surface area contributed by atoms with Crippen molar-refractivity contribution in [1.82, 2.24) is 0 Å². The molecule has 284 valence electrons. The highest BCUT2D eigenvalue weighted by Gasteiger charge is 2.91. The number of alkyl halides is 29. The molecule has 0 bridgehead atoms. The maximum Gasteiger partial charge on any atom is 0.462 e. The van der Waals surface area contributed by atoms with E-state index in [1.54, 1.807) is 0 Å². The summed E-state index contributed by atoms with van der Waals surface area (Å²) in [4.78, 5) is 0. The zero-order valence-corrected chi connectivity index (χ0v) is 20.2. The predicted molar refractivity (Wildman–Crippen MR) is 79.3 cm³/mol. The van der Waals surface area contributed by atoms with Crippen LogP contribution in [0, 0.1) is 0 Å². The summed E-state index contributed by atoms with van der Waals surface area (Å²) in [6.07, 6.45) is -68.5. The molecule has 0 aromatic rings. The van der Waals surface area contributed by atoms with Crippen molar-refractivity contribution >= 4 is 0 Å². The Kier molecular flexibility index (Phi) is 10.7. The summed E-state index contributed by atoms with van der Waals surface area (Å²) in [5.41, 5.74) is -7.32. The van der Waals surface area contributed by atoms with Gasteiger partial charge in [0, 0.05) is 0 Å². The lowest BCUT2D eigenvalue weighted by Gasteiger charge is -2.45. The largest absolute Gasteiger partial charge is 0.462 e. The van der Waals surface area contributed by atoms with Crippen molar-refractivity contribution < 1.29 is 142 Å². The van der Waals surface area contributed by atoms with E-state index in [4.69, 9.17) is 0 Å². The zero-order chi connectivity index (χ0) is 39.1. The van der Waals surface area contributed by atoms with Crippen LogP contribution < -0.4 is 0 Å². The summed E-state index contributed by atoms with van der Waals surface area (Å²) in [6, 6.07) is 0. The molecule has 0 rings (SSSR count). The molecule has 0 aromatic carbocycles. The molecule has 0 fully saturated rings. The summed E-state index contributed by atoms with van der Waals surface area (Å²) < 4.78 is 384. The average molecular weight is 782 g/mol. The number of halogens is 29. The van der Waals surface area contributed by atoms with E-state index < -0.39 is 91.2 Å². The van der Waals surface area contributed by atoms with Crippen molar-refractivity contribution in [2.75, 3.05) is 0 Å². The molecule has 0 saturated carbocycles. The van der Waals surface area contributed by atoms with Crippen molar-refractivity contribution in [3.05, 3.63) is 0 Å². The third-order valence-corrected chi connectivity index (χ3v) is 4.90. The number of hydrogen-bond donors (Lipinski definition) is 0. The molecule has 0 amide bonds. The molecule has 3 nitrogen and oxygen atoms in total. The second-order valence-electron chi connectivity index (χ2n) is 8.28. The standard InChI is InChI=1S/C15H3F29O3/c1-2(16,8(24,25)26)3(17,18)5(21,10(30,31)32)45-14(41,42)7(23,12(36,37)38)47-15(43,44)6(22,11(33,34)35)46-13(39,40)4(19,20)9(27,28)29/h1H3. The van der Waals surface area contributed by atoms with Crippen molar-refractivity contribution in [2.45, 2.75) is 91.2 Å². The van der Waals surface area contributed by atoms with Crippen molar-refractivity contribution in [1.29, 1.82) is 0 Å². The first-order valence-corrected chi connectivity index (χ1v) is 9.71. The molecule has 32 heteroatoms. The summed E-state index contributed by atoms with van der Waals surface area (Å²) >= 11 is 0. The normalized spacial score (nSPS) is 21.1. The number of rotatable bonds is 11. The van der Waals surface area contributed by atoms with Crippen molar-refractivity contribution in [2.24, 2.45) is 0 Å². The molecule has 0 aliphatic rings. The predicted octanol–water partition coefficient (Wildman–Crippen LogP) is 9.62. The van der Waals surface area contributed by atoms with Gasteiger partial charge in [0.1, 0.15) is 0 Å². The van der Waals surface area contributed by atoms with E-state index in [1.807, 2.05) is 0 Å². The minimum Gasteiger partial charge on any atom is -0.265 e. The molecule has 0 aliphatic carbocycles. The first-order chi connectivity index (χ1) is 19.6. The van der Waals surface area contributed by atoms with E-state index in [-0.39, 0.29) is 0 Å². The van der Waals surface area contributed by atoms with Gasteiger partial charge in [-0.2, -0.15) is 123 Å². The smallest absolute Gasteiger partial charge is 0.265 e. The van der Waals surface area contributed by atoms with Gasteiger partial charge in [0.15, 0.2) is 0 Å². The van der Waals surface area contributed by atoms with Crippen LogP contribution in [-0.4, -0.2) is 84.3 Å². The Hall–Kier alpha value is -2.15. The van der Waals surface area contributed by atoms with E-state index in [9.17, 15) is 127 Å². The first-order valence-electron chi connectivity index (χ1n) is 9.71. The van der Waals surface area contributed by atoms with E-state index in [0.29, 0.717) is 0 Å². The van der Waals surface area contributed by atoms with Gasteiger partial charge in [-0.15, -0.1) is 0 Å². The van der Waals surface area contributed by atoms with Gasteiger partial charge in [-0.1, -0.05) is 0 Å². The van der Waals surface area contributed by atoms with Crippen LogP contribution in [0.5, 0.6) is 0 Å². The molecule has 0 heterocycles. The SMILES string of the molecule is CC(F)(C(F)(F)F)C(F)(F)C(F)(OC(F)(F)C(F)(OC(F)(F)C(F)(OC(F)(F)C(F)(F)C(F)(F)F)C(F)(F)F)C(F)(F)F)C(F)(F)F. The zero-order valence-electron chi connectivity index (χ0n) is 20.2. The second-order valence-corrected chi connectivity index (χ2v) is 8.28. The summed E-state index contributed by atoms with van der Waals surface area (Å²) in [5, 5.41) is 0. The Balaban J connectivity index is 7.68. The molecule has 4 atom stereocenters.